The van der Waals surface area contributed by atoms with Gasteiger partial charge in [-0.15, -0.1) is 0 Å². The fourth-order valence-corrected chi connectivity index (χ4v) is 4.25. The predicted octanol–water partition coefficient (Wildman–Crippen LogP) is 0.119. The van der Waals surface area contributed by atoms with Crippen molar-refractivity contribution < 1.29 is 33.0 Å². The van der Waals surface area contributed by atoms with Crippen LogP contribution in [0.5, 0.6) is 0 Å². The van der Waals surface area contributed by atoms with Crippen molar-refractivity contribution >= 4 is 27.1 Å². The standard InChI is InChI=1S/C20H25N5O7S/c26-9-14-16(27)17(28)20(32-14)25-11-24-15-18(22-10-23-19(15)25)21-8-2-1-3-12-4-6-13(7-5-12)33(29,30)31/h4-7,10-11,14,16-17,20,26-28H,1-3,8-9H2,(H,21,22,23)(H,29,30,31)/t14-,16-,17-,20-/m1/s1. The Hall–Kier alpha value is -2.68. The van der Waals surface area contributed by atoms with Gasteiger partial charge in [-0.3, -0.25) is 9.12 Å². The Bertz CT molecular complexity index is 1200. The van der Waals surface area contributed by atoms with Gasteiger partial charge < -0.3 is 25.4 Å². The van der Waals surface area contributed by atoms with Gasteiger partial charge in [-0.05, 0) is 37.0 Å². The van der Waals surface area contributed by atoms with Gasteiger partial charge in [-0.2, -0.15) is 8.42 Å². The van der Waals surface area contributed by atoms with Crippen molar-refractivity contribution in [1.29, 1.82) is 0 Å². The molecule has 1 aliphatic rings. The summed E-state index contributed by atoms with van der Waals surface area (Å²) in [5.41, 5.74) is 1.86. The number of aryl methyl sites for hydroxylation is 1. The summed E-state index contributed by atoms with van der Waals surface area (Å²) in [6.07, 6.45) is 0.904. The van der Waals surface area contributed by atoms with Gasteiger partial charge in [0.2, 0.25) is 0 Å². The molecule has 13 heteroatoms. The van der Waals surface area contributed by atoms with Crippen molar-refractivity contribution in [3.8, 4) is 0 Å². The molecule has 0 aliphatic carbocycles. The van der Waals surface area contributed by atoms with Crippen LogP contribution in [0.25, 0.3) is 11.2 Å². The van der Waals surface area contributed by atoms with E-state index in [2.05, 4.69) is 20.3 Å². The molecular weight excluding hydrogens is 454 g/mol. The van der Waals surface area contributed by atoms with E-state index < -0.39 is 41.3 Å². The lowest BCUT2D eigenvalue weighted by molar-refractivity contribution is -0.0511. The van der Waals surface area contributed by atoms with Crippen molar-refractivity contribution in [2.45, 2.75) is 48.7 Å². The maximum Gasteiger partial charge on any atom is 0.294 e. The first-order chi connectivity index (χ1) is 15.8. The summed E-state index contributed by atoms with van der Waals surface area (Å²) in [6.45, 7) is 0.184. The van der Waals surface area contributed by atoms with E-state index >= 15 is 0 Å². The zero-order valence-electron chi connectivity index (χ0n) is 17.5. The van der Waals surface area contributed by atoms with E-state index in [0.717, 1.165) is 24.8 Å². The van der Waals surface area contributed by atoms with Gasteiger partial charge in [0.05, 0.1) is 17.8 Å². The SMILES string of the molecule is O=S(=O)(O)c1ccc(CCCCNc2ncnc3c2ncn3[C@@H]2O[C@H](CO)[C@@H](O)[C@H]2O)cc1. The molecule has 2 aromatic heterocycles. The maximum atomic E-state index is 11.1. The number of hydrogen-bond acceptors (Lipinski definition) is 10. The summed E-state index contributed by atoms with van der Waals surface area (Å²) in [5, 5.41) is 32.8. The third-order valence-electron chi connectivity index (χ3n) is 5.56. The minimum Gasteiger partial charge on any atom is -0.394 e. The van der Waals surface area contributed by atoms with Crippen LogP contribution in [0.1, 0.15) is 24.6 Å². The van der Waals surface area contributed by atoms with Gasteiger partial charge in [-0.25, -0.2) is 15.0 Å². The molecule has 1 saturated heterocycles. The largest absolute Gasteiger partial charge is 0.394 e. The molecule has 12 nitrogen and oxygen atoms in total. The van der Waals surface area contributed by atoms with Gasteiger partial charge in [0.15, 0.2) is 23.2 Å². The molecule has 33 heavy (non-hydrogen) atoms. The predicted molar refractivity (Wildman–Crippen MR) is 116 cm³/mol. The van der Waals surface area contributed by atoms with Gasteiger partial charge in [0, 0.05) is 6.54 Å². The molecule has 0 unspecified atom stereocenters. The summed E-state index contributed by atoms with van der Waals surface area (Å²) in [4.78, 5) is 12.6. The fraction of sp³-hybridized carbons (Fsp3) is 0.450. The van der Waals surface area contributed by atoms with Crippen LogP contribution in [-0.2, 0) is 21.3 Å². The Balaban J connectivity index is 1.34. The quantitative estimate of drug-likeness (QED) is 0.208. The number of aromatic nitrogens is 4. The number of anilines is 1. The van der Waals surface area contributed by atoms with Crippen LogP contribution in [0.15, 0.2) is 41.8 Å². The number of aliphatic hydroxyl groups excluding tert-OH is 3. The van der Waals surface area contributed by atoms with Crippen LogP contribution >= 0.6 is 0 Å². The van der Waals surface area contributed by atoms with E-state index in [1.807, 2.05) is 0 Å². The molecule has 1 fully saturated rings. The topological polar surface area (TPSA) is 180 Å². The zero-order chi connectivity index (χ0) is 23.6. The number of rotatable bonds is 9. The van der Waals surface area contributed by atoms with E-state index in [4.69, 9.17) is 9.29 Å². The molecule has 0 amide bonds. The summed E-state index contributed by atoms with van der Waals surface area (Å²) in [6, 6.07) is 6.11. The van der Waals surface area contributed by atoms with Crippen molar-refractivity contribution in [2.24, 2.45) is 0 Å². The average Bonchev–Trinajstić information content (AvgIpc) is 3.34. The number of benzene rings is 1. The van der Waals surface area contributed by atoms with Crippen molar-refractivity contribution in [1.82, 2.24) is 19.5 Å². The summed E-state index contributed by atoms with van der Waals surface area (Å²) in [5.74, 6) is 0.517. The van der Waals surface area contributed by atoms with Gasteiger partial charge in [0.1, 0.15) is 24.6 Å². The fourth-order valence-electron chi connectivity index (χ4n) is 3.77. The van der Waals surface area contributed by atoms with Crippen LogP contribution in [0.3, 0.4) is 0 Å². The molecule has 178 valence electrons. The molecule has 0 saturated carbocycles. The van der Waals surface area contributed by atoms with Crippen molar-refractivity contribution in [3.05, 3.63) is 42.5 Å². The lowest BCUT2D eigenvalue weighted by Gasteiger charge is -2.16. The highest BCUT2D eigenvalue weighted by Gasteiger charge is 2.44. The van der Waals surface area contributed by atoms with Crippen LogP contribution < -0.4 is 5.32 Å². The number of nitrogens with zero attached hydrogens (tertiary/aromatic N) is 4. The third kappa shape index (κ3) is 4.98. The minimum atomic E-state index is -4.19. The first-order valence-corrected chi connectivity index (χ1v) is 11.8. The van der Waals surface area contributed by atoms with E-state index in [0.29, 0.717) is 23.5 Å². The summed E-state index contributed by atoms with van der Waals surface area (Å²) >= 11 is 0. The second kappa shape index (κ2) is 9.67. The minimum absolute atomic E-state index is 0.128. The van der Waals surface area contributed by atoms with E-state index in [-0.39, 0.29) is 4.90 Å². The number of unbranched alkanes of at least 4 members (excludes halogenated alkanes) is 1. The monoisotopic (exact) mass is 479 g/mol. The van der Waals surface area contributed by atoms with E-state index in [1.165, 1.54) is 29.4 Å². The normalized spacial score (nSPS) is 23.3. The molecule has 3 aromatic rings. The molecule has 0 radical (unpaired) electrons. The molecule has 0 bridgehead atoms. The molecule has 1 aliphatic heterocycles. The number of ether oxygens (including phenoxy) is 1. The number of nitrogens with one attached hydrogen (secondary N) is 1. The number of fused-ring (bicyclic) bond motifs is 1. The molecular formula is C20H25N5O7S. The Morgan fingerprint density at radius 1 is 1.06 bits per heavy atom. The molecule has 5 N–H and O–H groups in total. The summed E-state index contributed by atoms with van der Waals surface area (Å²) in [7, 11) is -4.19. The van der Waals surface area contributed by atoms with Crippen LogP contribution in [0.4, 0.5) is 5.82 Å². The van der Waals surface area contributed by atoms with Gasteiger partial charge in [-0.1, -0.05) is 12.1 Å². The van der Waals surface area contributed by atoms with Crippen LogP contribution in [-0.4, -0.2) is 79.3 Å². The Morgan fingerprint density at radius 2 is 1.82 bits per heavy atom. The van der Waals surface area contributed by atoms with Crippen molar-refractivity contribution in [2.75, 3.05) is 18.5 Å². The second-order valence-electron chi connectivity index (χ2n) is 7.78. The maximum absolute atomic E-state index is 11.1. The number of aliphatic hydroxyl groups is 3. The third-order valence-corrected chi connectivity index (χ3v) is 6.42. The molecule has 4 atom stereocenters. The highest BCUT2D eigenvalue weighted by atomic mass is 32.2. The van der Waals surface area contributed by atoms with Gasteiger partial charge in [0.25, 0.3) is 10.1 Å². The average molecular weight is 480 g/mol. The highest BCUT2D eigenvalue weighted by molar-refractivity contribution is 7.85. The molecule has 3 heterocycles. The van der Waals surface area contributed by atoms with Crippen LogP contribution in [0, 0.1) is 0 Å². The molecule has 1 aromatic carbocycles. The zero-order valence-corrected chi connectivity index (χ0v) is 18.3. The Kier molecular flexibility index (Phi) is 6.88. The lowest BCUT2D eigenvalue weighted by atomic mass is 10.1. The Labute approximate surface area is 189 Å². The van der Waals surface area contributed by atoms with E-state index in [9.17, 15) is 23.7 Å². The highest BCUT2D eigenvalue weighted by Crippen LogP contribution is 2.32. The van der Waals surface area contributed by atoms with E-state index in [1.54, 1.807) is 12.1 Å². The first kappa shape index (κ1) is 23.5. The first-order valence-electron chi connectivity index (χ1n) is 10.4. The lowest BCUT2D eigenvalue weighted by Crippen LogP contribution is -2.33. The number of imidazole rings is 1. The number of hydrogen-bond donors (Lipinski definition) is 5. The van der Waals surface area contributed by atoms with Crippen molar-refractivity contribution in [3.63, 3.8) is 0 Å². The molecule has 4 rings (SSSR count). The molecule has 0 spiro atoms. The van der Waals surface area contributed by atoms with Crippen LogP contribution in [0.2, 0.25) is 0 Å². The second-order valence-corrected chi connectivity index (χ2v) is 9.20. The smallest absolute Gasteiger partial charge is 0.294 e. The van der Waals surface area contributed by atoms with Gasteiger partial charge >= 0.3 is 0 Å². The Morgan fingerprint density at radius 3 is 2.48 bits per heavy atom. The summed E-state index contributed by atoms with van der Waals surface area (Å²) < 4.78 is 38.3.